The third-order valence-electron chi connectivity index (χ3n) is 4.69. The molecule has 0 spiro atoms. The van der Waals surface area contributed by atoms with E-state index in [-0.39, 0.29) is 24.8 Å². The molecular formula is C20H24N4O5. The number of carbonyl (C=O) groups is 3. The molecule has 1 unspecified atom stereocenters. The number of hydrogen-bond acceptors (Lipinski definition) is 7. The number of piperidine rings is 1. The Morgan fingerprint density at radius 1 is 1.45 bits per heavy atom. The number of ether oxygens (including phenoxy) is 1. The SMILES string of the molecule is C=C(/C=C\C=C1/CCN(C2CCC(=O)NC2=O)C1=O)OCc1cc(CNC)no1. The molecule has 2 N–H and O–H groups in total. The van der Waals surface area contributed by atoms with Crippen LogP contribution in [-0.4, -0.2) is 47.4 Å². The molecule has 2 saturated heterocycles. The van der Waals surface area contributed by atoms with Crippen LogP contribution in [0.5, 0.6) is 0 Å². The lowest BCUT2D eigenvalue weighted by Gasteiger charge is -2.29. The number of aromatic nitrogens is 1. The highest BCUT2D eigenvalue weighted by Crippen LogP contribution is 2.23. The summed E-state index contributed by atoms with van der Waals surface area (Å²) in [6.07, 6.45) is 6.19. The van der Waals surface area contributed by atoms with Crippen molar-refractivity contribution in [1.29, 1.82) is 0 Å². The summed E-state index contributed by atoms with van der Waals surface area (Å²) in [5.41, 5.74) is 1.39. The van der Waals surface area contributed by atoms with E-state index in [1.165, 1.54) is 4.90 Å². The van der Waals surface area contributed by atoms with Crippen molar-refractivity contribution < 1.29 is 23.6 Å². The molecule has 3 heterocycles. The molecule has 0 saturated carbocycles. The van der Waals surface area contributed by atoms with Crippen LogP contribution in [0.3, 0.4) is 0 Å². The van der Waals surface area contributed by atoms with Crippen LogP contribution < -0.4 is 10.6 Å². The molecular weight excluding hydrogens is 376 g/mol. The minimum absolute atomic E-state index is 0.186. The number of allylic oxidation sites excluding steroid dienone is 3. The summed E-state index contributed by atoms with van der Waals surface area (Å²) in [6.45, 7) is 5.09. The maximum Gasteiger partial charge on any atom is 0.250 e. The van der Waals surface area contributed by atoms with E-state index in [9.17, 15) is 14.4 Å². The Morgan fingerprint density at radius 3 is 3.03 bits per heavy atom. The van der Waals surface area contributed by atoms with Gasteiger partial charge in [0.25, 0.3) is 5.91 Å². The van der Waals surface area contributed by atoms with E-state index >= 15 is 0 Å². The summed E-state index contributed by atoms with van der Waals surface area (Å²) in [4.78, 5) is 37.3. The average Bonchev–Trinajstić information content (AvgIpc) is 3.28. The Kier molecular flexibility index (Phi) is 6.61. The van der Waals surface area contributed by atoms with E-state index in [4.69, 9.17) is 9.26 Å². The summed E-state index contributed by atoms with van der Waals surface area (Å²) in [5.74, 6) is 0.126. The van der Waals surface area contributed by atoms with Gasteiger partial charge in [0.1, 0.15) is 18.4 Å². The van der Waals surface area contributed by atoms with Crippen LogP contribution in [0.2, 0.25) is 0 Å². The molecule has 9 nitrogen and oxygen atoms in total. The molecule has 154 valence electrons. The highest BCUT2D eigenvalue weighted by atomic mass is 16.5. The van der Waals surface area contributed by atoms with Gasteiger partial charge in [-0.2, -0.15) is 0 Å². The van der Waals surface area contributed by atoms with Crippen molar-refractivity contribution in [2.75, 3.05) is 13.6 Å². The monoisotopic (exact) mass is 400 g/mol. The number of rotatable bonds is 8. The number of imide groups is 1. The van der Waals surface area contributed by atoms with Gasteiger partial charge in [0, 0.05) is 31.1 Å². The fraction of sp³-hybridized carbons (Fsp3) is 0.400. The van der Waals surface area contributed by atoms with Crippen molar-refractivity contribution in [1.82, 2.24) is 20.7 Å². The number of nitrogens with zero attached hydrogens (tertiary/aromatic N) is 2. The predicted molar refractivity (Wildman–Crippen MR) is 103 cm³/mol. The first-order valence-electron chi connectivity index (χ1n) is 9.40. The zero-order chi connectivity index (χ0) is 20.8. The summed E-state index contributed by atoms with van der Waals surface area (Å²) in [6, 6.07) is 1.22. The van der Waals surface area contributed by atoms with E-state index in [0.29, 0.717) is 43.0 Å². The van der Waals surface area contributed by atoms with E-state index in [1.807, 2.05) is 7.05 Å². The molecule has 0 bridgehead atoms. The smallest absolute Gasteiger partial charge is 0.250 e. The van der Waals surface area contributed by atoms with Gasteiger partial charge in [-0.1, -0.05) is 23.9 Å². The number of nitrogens with one attached hydrogen (secondary N) is 2. The zero-order valence-corrected chi connectivity index (χ0v) is 16.3. The van der Waals surface area contributed by atoms with Crippen molar-refractivity contribution >= 4 is 17.7 Å². The van der Waals surface area contributed by atoms with Gasteiger partial charge in [-0.05, 0) is 26.0 Å². The molecule has 1 aromatic heterocycles. The second-order valence-electron chi connectivity index (χ2n) is 6.84. The summed E-state index contributed by atoms with van der Waals surface area (Å²) in [5, 5.41) is 9.17. The Hall–Kier alpha value is -3.20. The standard InChI is InChI=1S/C20H24N4O5/c1-13(28-12-16-10-15(11-21-2)23-29-16)4-3-5-14-8-9-24(20(14)27)17-6-7-18(25)22-19(17)26/h3-5,10,17,21H,1,6-9,11-12H2,2H3,(H,22,25,26)/b4-3-,14-5+. The normalized spacial score (nSPS) is 21.3. The number of hydrogen-bond donors (Lipinski definition) is 2. The van der Waals surface area contributed by atoms with Crippen LogP contribution in [0.4, 0.5) is 0 Å². The second-order valence-corrected chi connectivity index (χ2v) is 6.84. The van der Waals surface area contributed by atoms with Gasteiger partial charge in [0.15, 0.2) is 5.76 Å². The van der Waals surface area contributed by atoms with Gasteiger partial charge < -0.3 is 19.5 Å². The molecule has 2 aliphatic heterocycles. The van der Waals surface area contributed by atoms with Gasteiger partial charge >= 0.3 is 0 Å². The maximum absolute atomic E-state index is 12.6. The maximum atomic E-state index is 12.6. The molecule has 1 atom stereocenters. The van der Waals surface area contributed by atoms with Crippen LogP contribution >= 0.6 is 0 Å². The van der Waals surface area contributed by atoms with E-state index in [2.05, 4.69) is 22.4 Å². The van der Waals surface area contributed by atoms with Gasteiger partial charge in [0.2, 0.25) is 11.8 Å². The lowest BCUT2D eigenvalue weighted by molar-refractivity contribution is -0.142. The lowest BCUT2D eigenvalue weighted by atomic mass is 10.0. The fourth-order valence-corrected chi connectivity index (χ4v) is 3.24. The van der Waals surface area contributed by atoms with Crippen molar-refractivity contribution in [3.05, 3.63) is 53.7 Å². The summed E-state index contributed by atoms with van der Waals surface area (Å²) in [7, 11) is 1.82. The van der Waals surface area contributed by atoms with E-state index in [1.54, 1.807) is 24.3 Å². The molecule has 3 amide bonds. The van der Waals surface area contributed by atoms with Crippen LogP contribution in [0.25, 0.3) is 0 Å². The lowest BCUT2D eigenvalue weighted by Crippen LogP contribution is -2.52. The second kappa shape index (κ2) is 9.33. The largest absolute Gasteiger partial charge is 0.486 e. The van der Waals surface area contributed by atoms with E-state index in [0.717, 1.165) is 5.69 Å². The first kappa shape index (κ1) is 20.5. The number of likely N-dealkylation sites (tertiary alicyclic amines) is 1. The molecule has 0 aliphatic carbocycles. The van der Waals surface area contributed by atoms with Gasteiger partial charge in [-0.3, -0.25) is 19.7 Å². The van der Waals surface area contributed by atoms with Crippen molar-refractivity contribution in [3.8, 4) is 0 Å². The zero-order valence-electron chi connectivity index (χ0n) is 16.3. The predicted octanol–water partition coefficient (Wildman–Crippen LogP) is 0.944. The first-order chi connectivity index (χ1) is 14.0. The summed E-state index contributed by atoms with van der Waals surface area (Å²) >= 11 is 0. The molecule has 9 heteroatoms. The third-order valence-corrected chi connectivity index (χ3v) is 4.69. The van der Waals surface area contributed by atoms with Crippen LogP contribution in [0, 0.1) is 0 Å². The molecule has 0 aromatic carbocycles. The van der Waals surface area contributed by atoms with E-state index < -0.39 is 11.9 Å². The molecule has 2 aliphatic rings. The fourth-order valence-electron chi connectivity index (χ4n) is 3.24. The summed E-state index contributed by atoms with van der Waals surface area (Å²) < 4.78 is 10.7. The number of carbonyl (C=O) groups excluding carboxylic acids is 3. The van der Waals surface area contributed by atoms with Crippen LogP contribution in [-0.2, 0) is 32.3 Å². The Morgan fingerprint density at radius 2 is 2.28 bits per heavy atom. The van der Waals surface area contributed by atoms with Crippen molar-refractivity contribution in [2.24, 2.45) is 0 Å². The minimum atomic E-state index is -0.580. The highest BCUT2D eigenvalue weighted by Gasteiger charge is 2.38. The number of amides is 3. The van der Waals surface area contributed by atoms with Gasteiger partial charge in [-0.15, -0.1) is 0 Å². The molecule has 2 fully saturated rings. The van der Waals surface area contributed by atoms with Crippen molar-refractivity contribution in [2.45, 2.75) is 38.5 Å². The van der Waals surface area contributed by atoms with Crippen LogP contribution in [0.15, 0.2) is 46.7 Å². The minimum Gasteiger partial charge on any atom is -0.486 e. The molecule has 29 heavy (non-hydrogen) atoms. The topological polar surface area (TPSA) is 114 Å². The Labute approximate surface area is 168 Å². The van der Waals surface area contributed by atoms with Crippen LogP contribution in [0.1, 0.15) is 30.7 Å². The van der Waals surface area contributed by atoms with Gasteiger partial charge in [0.05, 0.1) is 5.69 Å². The van der Waals surface area contributed by atoms with Crippen molar-refractivity contribution in [3.63, 3.8) is 0 Å². The highest BCUT2D eigenvalue weighted by molar-refractivity contribution is 6.04. The molecule has 1 aromatic rings. The first-order valence-corrected chi connectivity index (χ1v) is 9.40. The third kappa shape index (κ3) is 5.20. The quantitative estimate of drug-likeness (QED) is 0.289. The molecule has 3 rings (SSSR count). The molecule has 0 radical (unpaired) electrons. The Balaban J connectivity index is 1.49. The average molecular weight is 400 g/mol. The Bertz CT molecular complexity index is 870. The van der Waals surface area contributed by atoms with Gasteiger partial charge in [-0.25, -0.2) is 0 Å².